The number of benzene rings is 2. The summed E-state index contributed by atoms with van der Waals surface area (Å²) in [5, 5.41) is 12.0. The number of nitrogens with zero attached hydrogens (tertiary/aromatic N) is 1. The van der Waals surface area contributed by atoms with E-state index >= 15 is 0 Å². The minimum absolute atomic E-state index is 0.0267. The minimum Gasteiger partial charge on any atom is -0.457 e. The monoisotopic (exact) mass is 312 g/mol. The Bertz CT molecular complexity index is 656. The molecule has 23 heavy (non-hydrogen) atoms. The van der Waals surface area contributed by atoms with Gasteiger partial charge >= 0.3 is 6.03 Å². The number of hydrogen-bond acceptors (Lipinski definition) is 3. The lowest BCUT2D eigenvalue weighted by molar-refractivity contribution is 0.185. The van der Waals surface area contributed by atoms with Crippen LogP contribution < -0.4 is 10.1 Å². The summed E-state index contributed by atoms with van der Waals surface area (Å²) in [6.07, 6.45) is 2.01. The number of nitrogens with one attached hydrogen (secondary N) is 1. The van der Waals surface area contributed by atoms with Gasteiger partial charge in [-0.1, -0.05) is 24.3 Å². The van der Waals surface area contributed by atoms with Crippen LogP contribution in [-0.2, 0) is 0 Å². The molecule has 120 valence electrons. The smallest absolute Gasteiger partial charge is 0.322 e. The highest BCUT2D eigenvalue weighted by atomic mass is 16.5. The number of aliphatic hydroxyl groups is 1. The number of carbonyl (C=O) groups is 1. The second-order valence-electron chi connectivity index (χ2n) is 5.52. The second-order valence-corrected chi connectivity index (χ2v) is 5.52. The van der Waals surface area contributed by atoms with Crippen LogP contribution in [0.25, 0.3) is 0 Å². The molecule has 1 aliphatic rings. The van der Waals surface area contributed by atoms with E-state index in [0.29, 0.717) is 18.0 Å². The van der Waals surface area contributed by atoms with Crippen LogP contribution in [0.1, 0.15) is 12.8 Å². The maximum absolute atomic E-state index is 12.3. The fraction of sp³-hybridized carbons (Fsp3) is 0.278. The van der Waals surface area contributed by atoms with E-state index in [9.17, 15) is 4.79 Å². The van der Waals surface area contributed by atoms with Crippen LogP contribution in [-0.4, -0.2) is 35.2 Å². The van der Waals surface area contributed by atoms with E-state index < -0.39 is 0 Å². The average molecular weight is 312 g/mol. The van der Waals surface area contributed by atoms with Crippen molar-refractivity contribution in [3.63, 3.8) is 0 Å². The van der Waals surface area contributed by atoms with Gasteiger partial charge in [0.25, 0.3) is 0 Å². The van der Waals surface area contributed by atoms with Crippen LogP contribution in [0.2, 0.25) is 0 Å². The molecule has 1 aliphatic carbocycles. The zero-order chi connectivity index (χ0) is 16.1. The predicted molar refractivity (Wildman–Crippen MR) is 88.8 cm³/mol. The third-order valence-electron chi connectivity index (χ3n) is 3.65. The molecule has 0 aliphatic heterocycles. The highest BCUT2D eigenvalue weighted by Crippen LogP contribution is 2.28. The van der Waals surface area contributed by atoms with Crippen molar-refractivity contribution in [1.82, 2.24) is 4.90 Å². The maximum Gasteiger partial charge on any atom is 0.322 e. The topological polar surface area (TPSA) is 61.8 Å². The van der Waals surface area contributed by atoms with Gasteiger partial charge < -0.3 is 20.1 Å². The lowest BCUT2D eigenvalue weighted by Crippen LogP contribution is -2.38. The Labute approximate surface area is 135 Å². The SMILES string of the molecule is O=C(Nc1cccc(Oc2ccccc2)c1)N(CCO)C1CC1. The normalized spacial score (nSPS) is 13.4. The van der Waals surface area contributed by atoms with E-state index in [2.05, 4.69) is 5.32 Å². The first kappa shape index (κ1) is 15.4. The number of carbonyl (C=O) groups excluding carboxylic acids is 1. The van der Waals surface area contributed by atoms with E-state index in [-0.39, 0.29) is 18.7 Å². The molecule has 0 bridgehead atoms. The van der Waals surface area contributed by atoms with Crippen molar-refractivity contribution in [3.05, 3.63) is 54.6 Å². The molecule has 1 saturated carbocycles. The van der Waals surface area contributed by atoms with E-state index in [1.807, 2.05) is 48.5 Å². The summed E-state index contributed by atoms with van der Waals surface area (Å²) in [6.45, 7) is 0.331. The van der Waals surface area contributed by atoms with Gasteiger partial charge in [-0.25, -0.2) is 4.79 Å². The molecular formula is C18H20N2O3. The van der Waals surface area contributed by atoms with Gasteiger partial charge in [0.15, 0.2) is 0 Å². The molecule has 0 saturated heterocycles. The lowest BCUT2D eigenvalue weighted by atomic mass is 10.3. The number of anilines is 1. The maximum atomic E-state index is 12.3. The van der Waals surface area contributed by atoms with Crippen molar-refractivity contribution in [1.29, 1.82) is 0 Å². The van der Waals surface area contributed by atoms with Crippen molar-refractivity contribution in [2.45, 2.75) is 18.9 Å². The van der Waals surface area contributed by atoms with Crippen LogP contribution in [0.15, 0.2) is 54.6 Å². The van der Waals surface area contributed by atoms with Crippen LogP contribution in [0, 0.1) is 0 Å². The van der Waals surface area contributed by atoms with Gasteiger partial charge in [0, 0.05) is 24.3 Å². The number of para-hydroxylation sites is 1. The summed E-state index contributed by atoms with van der Waals surface area (Å²) in [5.41, 5.74) is 0.673. The number of aliphatic hydroxyl groups excluding tert-OH is 1. The summed E-state index contributed by atoms with van der Waals surface area (Å²) in [4.78, 5) is 14.0. The summed E-state index contributed by atoms with van der Waals surface area (Å²) < 4.78 is 5.76. The Kier molecular flexibility index (Phi) is 4.78. The van der Waals surface area contributed by atoms with Gasteiger partial charge in [-0.3, -0.25) is 0 Å². The Hall–Kier alpha value is -2.53. The van der Waals surface area contributed by atoms with E-state index in [1.54, 1.807) is 11.0 Å². The number of amides is 2. The summed E-state index contributed by atoms with van der Waals surface area (Å²) >= 11 is 0. The fourth-order valence-electron chi connectivity index (χ4n) is 2.40. The molecule has 0 aromatic heterocycles. The third-order valence-corrected chi connectivity index (χ3v) is 3.65. The van der Waals surface area contributed by atoms with Crippen LogP contribution in [0.5, 0.6) is 11.5 Å². The average Bonchev–Trinajstić information content (AvgIpc) is 3.38. The molecular weight excluding hydrogens is 292 g/mol. The number of hydrogen-bond donors (Lipinski definition) is 2. The Morgan fingerprint density at radius 1 is 1.13 bits per heavy atom. The molecule has 5 heteroatoms. The van der Waals surface area contributed by atoms with Gasteiger partial charge in [-0.2, -0.15) is 0 Å². The van der Waals surface area contributed by atoms with Crippen molar-refractivity contribution in [2.75, 3.05) is 18.5 Å². The number of urea groups is 1. The number of rotatable bonds is 6. The Morgan fingerprint density at radius 3 is 2.57 bits per heavy atom. The third kappa shape index (κ3) is 4.23. The van der Waals surface area contributed by atoms with E-state index in [0.717, 1.165) is 18.6 Å². The van der Waals surface area contributed by atoms with Gasteiger partial charge in [-0.05, 0) is 37.1 Å². The molecule has 3 rings (SSSR count). The molecule has 0 radical (unpaired) electrons. The molecule has 2 aromatic carbocycles. The minimum atomic E-state index is -0.182. The second kappa shape index (κ2) is 7.15. The van der Waals surface area contributed by atoms with Gasteiger partial charge in [0.2, 0.25) is 0 Å². The fourth-order valence-corrected chi connectivity index (χ4v) is 2.40. The summed E-state index contributed by atoms with van der Waals surface area (Å²) in [6, 6.07) is 16.8. The highest BCUT2D eigenvalue weighted by Gasteiger charge is 2.32. The molecule has 2 aromatic rings. The lowest BCUT2D eigenvalue weighted by Gasteiger charge is -2.21. The molecule has 0 unspecified atom stereocenters. The van der Waals surface area contributed by atoms with E-state index in [1.165, 1.54) is 0 Å². The molecule has 2 amide bonds. The molecule has 5 nitrogen and oxygen atoms in total. The van der Waals surface area contributed by atoms with Crippen molar-refractivity contribution in [2.24, 2.45) is 0 Å². The first-order valence-corrected chi connectivity index (χ1v) is 7.78. The zero-order valence-electron chi connectivity index (χ0n) is 12.8. The first-order valence-electron chi connectivity index (χ1n) is 7.78. The Morgan fingerprint density at radius 2 is 1.87 bits per heavy atom. The molecule has 1 fully saturated rings. The quantitative estimate of drug-likeness (QED) is 0.858. The van der Waals surface area contributed by atoms with Gasteiger partial charge in [0.1, 0.15) is 11.5 Å². The van der Waals surface area contributed by atoms with Crippen molar-refractivity contribution in [3.8, 4) is 11.5 Å². The molecule has 0 spiro atoms. The van der Waals surface area contributed by atoms with Gasteiger partial charge in [-0.15, -0.1) is 0 Å². The van der Waals surface area contributed by atoms with Crippen molar-refractivity contribution >= 4 is 11.7 Å². The summed E-state index contributed by atoms with van der Waals surface area (Å²) in [5.74, 6) is 1.41. The van der Waals surface area contributed by atoms with Crippen molar-refractivity contribution < 1.29 is 14.6 Å². The van der Waals surface area contributed by atoms with Crippen LogP contribution >= 0.6 is 0 Å². The predicted octanol–water partition coefficient (Wildman–Crippen LogP) is 3.47. The summed E-state index contributed by atoms with van der Waals surface area (Å²) in [7, 11) is 0. The zero-order valence-corrected chi connectivity index (χ0v) is 12.8. The standard InChI is InChI=1S/C18H20N2O3/c21-12-11-20(15-9-10-15)18(22)19-14-5-4-8-17(13-14)23-16-6-2-1-3-7-16/h1-8,13,15,21H,9-12H2,(H,19,22). The van der Waals surface area contributed by atoms with Gasteiger partial charge in [0.05, 0.1) is 6.61 Å². The Balaban J connectivity index is 1.66. The largest absolute Gasteiger partial charge is 0.457 e. The molecule has 0 heterocycles. The molecule has 0 atom stereocenters. The first-order chi connectivity index (χ1) is 11.3. The van der Waals surface area contributed by atoms with Crippen LogP contribution in [0.4, 0.5) is 10.5 Å². The van der Waals surface area contributed by atoms with E-state index in [4.69, 9.17) is 9.84 Å². The number of ether oxygens (including phenoxy) is 1. The van der Waals surface area contributed by atoms with Crippen LogP contribution in [0.3, 0.4) is 0 Å². The molecule has 2 N–H and O–H groups in total. The highest BCUT2D eigenvalue weighted by molar-refractivity contribution is 5.90.